The molecule has 0 spiro atoms. The number of halogens is 5. The molecule has 0 radical (unpaired) electrons. The van der Waals surface area contributed by atoms with Crippen LogP contribution in [0.1, 0.15) is 55.8 Å². The average Bonchev–Trinajstić information content (AvgIpc) is 3.25. The van der Waals surface area contributed by atoms with Crippen LogP contribution >= 0.6 is 0 Å². The summed E-state index contributed by atoms with van der Waals surface area (Å²) in [6.07, 6.45) is 2.32. The summed E-state index contributed by atoms with van der Waals surface area (Å²) in [5.74, 6) is -3.05. The van der Waals surface area contributed by atoms with Crippen LogP contribution in [0.15, 0.2) is 36.4 Å². The van der Waals surface area contributed by atoms with Crippen molar-refractivity contribution in [1.29, 1.82) is 0 Å². The summed E-state index contributed by atoms with van der Waals surface area (Å²) in [5, 5.41) is 0. The fraction of sp³-hybridized carbons (Fsp3) is 0.478. The lowest BCUT2D eigenvalue weighted by Crippen LogP contribution is -2.26. The van der Waals surface area contributed by atoms with Crippen molar-refractivity contribution in [2.45, 2.75) is 50.7 Å². The molecule has 1 aliphatic carbocycles. The van der Waals surface area contributed by atoms with Gasteiger partial charge in [-0.2, -0.15) is 8.78 Å². The van der Waals surface area contributed by atoms with E-state index in [0.717, 1.165) is 31.0 Å². The molecule has 2 aromatic carbocycles. The Morgan fingerprint density at radius 3 is 2.20 bits per heavy atom. The largest absolute Gasteiger partial charge is 0.429 e. The third-order valence-electron chi connectivity index (χ3n) is 6.19. The molecule has 0 bridgehead atoms. The lowest BCUT2D eigenvalue weighted by atomic mass is 9.84. The minimum absolute atomic E-state index is 0.327. The number of ether oxygens (including phenoxy) is 2. The van der Waals surface area contributed by atoms with Gasteiger partial charge < -0.3 is 9.47 Å². The molecule has 2 fully saturated rings. The highest BCUT2D eigenvalue weighted by atomic mass is 19.3. The van der Waals surface area contributed by atoms with E-state index >= 15 is 0 Å². The molecule has 2 aromatic rings. The molecule has 2 nitrogen and oxygen atoms in total. The van der Waals surface area contributed by atoms with E-state index in [4.69, 9.17) is 4.74 Å². The van der Waals surface area contributed by atoms with E-state index in [1.807, 2.05) is 0 Å². The van der Waals surface area contributed by atoms with Gasteiger partial charge in [-0.05, 0) is 54.5 Å². The molecule has 0 aromatic heterocycles. The van der Waals surface area contributed by atoms with E-state index < -0.39 is 34.9 Å². The standard InChI is InChI=1S/C23H23F5O2/c24-19-9-7-17(12-21(19)26)30-23(27,28)18-8-5-15(11-20(18)25)22-10-6-16(13-29-22)14-3-1-2-4-14/h5,7-9,11-12,14,16,22H,1-4,6,10,13H2. The first-order chi connectivity index (χ1) is 14.3. The van der Waals surface area contributed by atoms with Crippen molar-refractivity contribution in [3.63, 3.8) is 0 Å². The Kier molecular flexibility index (Phi) is 6.00. The predicted molar refractivity (Wildman–Crippen MR) is 101 cm³/mol. The number of hydrogen-bond acceptors (Lipinski definition) is 2. The van der Waals surface area contributed by atoms with Gasteiger partial charge in [0.2, 0.25) is 0 Å². The normalized spacial score (nSPS) is 23.0. The SMILES string of the molecule is Fc1ccc(OC(F)(F)c2ccc(C3CCC(C4CCCC4)CO3)cc2F)cc1F. The molecule has 30 heavy (non-hydrogen) atoms. The van der Waals surface area contributed by atoms with Crippen molar-refractivity contribution in [3.05, 3.63) is 65.0 Å². The van der Waals surface area contributed by atoms with Crippen molar-refractivity contribution in [1.82, 2.24) is 0 Å². The molecule has 1 aliphatic heterocycles. The molecule has 1 heterocycles. The monoisotopic (exact) mass is 426 g/mol. The summed E-state index contributed by atoms with van der Waals surface area (Å²) in [6, 6.07) is 5.41. The van der Waals surface area contributed by atoms with Gasteiger partial charge in [0.05, 0.1) is 18.3 Å². The molecule has 1 saturated heterocycles. The molecule has 1 saturated carbocycles. The Hall–Kier alpha value is -2.15. The van der Waals surface area contributed by atoms with E-state index in [9.17, 15) is 22.0 Å². The Balaban J connectivity index is 1.44. The maximum absolute atomic E-state index is 14.5. The number of rotatable bonds is 5. The number of hydrogen-bond donors (Lipinski definition) is 0. The van der Waals surface area contributed by atoms with Crippen LogP contribution in [0.3, 0.4) is 0 Å². The number of benzene rings is 2. The highest BCUT2D eigenvalue weighted by molar-refractivity contribution is 5.30. The highest BCUT2D eigenvalue weighted by Crippen LogP contribution is 2.41. The van der Waals surface area contributed by atoms with E-state index in [1.54, 1.807) is 0 Å². The van der Waals surface area contributed by atoms with E-state index in [-0.39, 0.29) is 6.10 Å². The maximum atomic E-state index is 14.5. The second-order valence-electron chi connectivity index (χ2n) is 8.14. The predicted octanol–water partition coefficient (Wildman–Crippen LogP) is 6.89. The van der Waals surface area contributed by atoms with Gasteiger partial charge in [-0.3, -0.25) is 0 Å². The van der Waals surface area contributed by atoms with Crippen LogP contribution in [-0.2, 0) is 10.8 Å². The van der Waals surface area contributed by atoms with Crippen LogP contribution in [-0.4, -0.2) is 6.61 Å². The zero-order valence-electron chi connectivity index (χ0n) is 16.4. The van der Waals surface area contributed by atoms with Crippen LogP contribution in [0, 0.1) is 29.3 Å². The molecular formula is C23H23F5O2. The van der Waals surface area contributed by atoms with E-state index in [0.29, 0.717) is 36.1 Å². The van der Waals surface area contributed by atoms with Gasteiger partial charge in [0.1, 0.15) is 11.6 Å². The second-order valence-corrected chi connectivity index (χ2v) is 8.14. The first kappa shape index (κ1) is 21.1. The first-order valence-corrected chi connectivity index (χ1v) is 10.3. The highest BCUT2D eigenvalue weighted by Gasteiger charge is 2.38. The van der Waals surface area contributed by atoms with Gasteiger partial charge in [0.15, 0.2) is 11.6 Å². The minimum Gasteiger partial charge on any atom is -0.429 e. The molecule has 2 atom stereocenters. The Morgan fingerprint density at radius 2 is 1.57 bits per heavy atom. The lowest BCUT2D eigenvalue weighted by molar-refractivity contribution is -0.187. The second kappa shape index (κ2) is 8.53. The summed E-state index contributed by atoms with van der Waals surface area (Å²) >= 11 is 0. The Bertz CT molecular complexity index is 887. The summed E-state index contributed by atoms with van der Waals surface area (Å²) in [5.41, 5.74) is -0.472. The number of alkyl halides is 2. The Morgan fingerprint density at radius 1 is 0.800 bits per heavy atom. The summed E-state index contributed by atoms with van der Waals surface area (Å²) < 4.78 is 79.9. The van der Waals surface area contributed by atoms with Gasteiger partial charge in [-0.25, -0.2) is 13.2 Å². The molecule has 162 valence electrons. The summed E-state index contributed by atoms with van der Waals surface area (Å²) in [4.78, 5) is 0. The van der Waals surface area contributed by atoms with Crippen molar-refractivity contribution >= 4 is 0 Å². The van der Waals surface area contributed by atoms with Crippen molar-refractivity contribution in [3.8, 4) is 5.75 Å². The fourth-order valence-corrected chi connectivity index (χ4v) is 4.55. The van der Waals surface area contributed by atoms with Crippen LogP contribution in [0.25, 0.3) is 0 Å². The Labute approximate surface area is 172 Å². The van der Waals surface area contributed by atoms with Crippen LogP contribution in [0.5, 0.6) is 5.75 Å². The molecular weight excluding hydrogens is 403 g/mol. The first-order valence-electron chi connectivity index (χ1n) is 10.3. The zero-order chi connectivity index (χ0) is 21.3. The molecule has 7 heteroatoms. The van der Waals surface area contributed by atoms with Gasteiger partial charge >= 0.3 is 6.11 Å². The summed E-state index contributed by atoms with van der Waals surface area (Å²) in [7, 11) is 0. The lowest BCUT2D eigenvalue weighted by Gasteiger charge is -2.33. The van der Waals surface area contributed by atoms with E-state index in [1.165, 1.54) is 31.7 Å². The van der Waals surface area contributed by atoms with Gasteiger partial charge in [-0.15, -0.1) is 0 Å². The minimum atomic E-state index is -4.05. The molecule has 2 unspecified atom stereocenters. The smallest absolute Gasteiger partial charge is 0.429 e. The molecule has 0 amide bonds. The van der Waals surface area contributed by atoms with Crippen LogP contribution in [0.4, 0.5) is 22.0 Å². The van der Waals surface area contributed by atoms with Crippen molar-refractivity contribution in [2.75, 3.05) is 6.61 Å². The molecule has 4 rings (SSSR count). The third-order valence-corrected chi connectivity index (χ3v) is 6.19. The quantitative estimate of drug-likeness (QED) is 0.485. The van der Waals surface area contributed by atoms with Crippen LogP contribution in [0.2, 0.25) is 0 Å². The van der Waals surface area contributed by atoms with Crippen molar-refractivity contribution < 1.29 is 31.4 Å². The fourth-order valence-electron chi connectivity index (χ4n) is 4.55. The van der Waals surface area contributed by atoms with E-state index in [2.05, 4.69) is 4.74 Å². The van der Waals surface area contributed by atoms with Crippen LogP contribution < -0.4 is 4.74 Å². The maximum Gasteiger partial charge on any atom is 0.429 e. The molecule has 0 N–H and O–H groups in total. The molecule has 2 aliphatic rings. The topological polar surface area (TPSA) is 18.5 Å². The van der Waals surface area contributed by atoms with Gasteiger partial charge in [0.25, 0.3) is 0 Å². The van der Waals surface area contributed by atoms with Crippen molar-refractivity contribution in [2.24, 2.45) is 11.8 Å². The van der Waals surface area contributed by atoms with Gasteiger partial charge in [0, 0.05) is 6.07 Å². The average molecular weight is 426 g/mol. The van der Waals surface area contributed by atoms with Gasteiger partial charge in [-0.1, -0.05) is 31.7 Å². The summed E-state index contributed by atoms with van der Waals surface area (Å²) in [6.45, 7) is 0.605. The third kappa shape index (κ3) is 4.46. The zero-order valence-corrected chi connectivity index (χ0v) is 16.4.